The minimum atomic E-state index is 0.0664. The van der Waals surface area contributed by atoms with Crippen molar-refractivity contribution in [2.75, 3.05) is 6.61 Å². The number of aryl methyl sites for hydroxylation is 2. The number of hydrogen-bond acceptors (Lipinski definition) is 3. The molecule has 1 N–H and O–H groups in total. The normalized spacial score (nSPS) is 20.0. The summed E-state index contributed by atoms with van der Waals surface area (Å²) in [5, 5.41) is 3.17. The molecule has 2 unspecified atom stereocenters. The molecule has 2 aromatic rings. The Morgan fingerprint density at radius 3 is 3.00 bits per heavy atom. The fourth-order valence-corrected chi connectivity index (χ4v) is 5.03. The van der Waals surface area contributed by atoms with Crippen LogP contribution in [0.4, 0.5) is 0 Å². The molecule has 132 valence electrons. The molecular formula is C21H25NO2S. The van der Waals surface area contributed by atoms with Crippen LogP contribution in [0.15, 0.2) is 30.3 Å². The number of carbonyl (C=O) groups excluding carboxylic acids is 1. The van der Waals surface area contributed by atoms with Crippen LogP contribution in [0.1, 0.15) is 53.4 Å². The number of fused-ring (bicyclic) bond motifs is 3. The van der Waals surface area contributed by atoms with E-state index >= 15 is 0 Å². The fourth-order valence-electron chi connectivity index (χ4n) is 3.86. The number of amides is 1. The van der Waals surface area contributed by atoms with Gasteiger partial charge in [0.2, 0.25) is 0 Å². The molecule has 0 spiro atoms. The SMILES string of the molecule is CC(CCC1CCCO1)NC(=O)c1cc2c(s1)-c1ccccc1CC2. The largest absolute Gasteiger partial charge is 0.378 e. The molecule has 1 aliphatic heterocycles. The molecular weight excluding hydrogens is 330 g/mol. The lowest BCUT2D eigenvalue weighted by molar-refractivity contribution is 0.0902. The second kappa shape index (κ2) is 7.30. The molecule has 4 rings (SSSR count). The Bertz CT molecular complexity index is 761. The van der Waals surface area contributed by atoms with Gasteiger partial charge < -0.3 is 10.1 Å². The third-order valence-electron chi connectivity index (χ3n) is 5.28. The smallest absolute Gasteiger partial charge is 0.261 e. The van der Waals surface area contributed by atoms with Crippen molar-refractivity contribution < 1.29 is 9.53 Å². The molecule has 0 saturated carbocycles. The molecule has 4 heteroatoms. The molecule has 25 heavy (non-hydrogen) atoms. The van der Waals surface area contributed by atoms with E-state index in [2.05, 4.69) is 42.6 Å². The lowest BCUT2D eigenvalue weighted by Crippen LogP contribution is -2.32. The van der Waals surface area contributed by atoms with Gasteiger partial charge in [0, 0.05) is 17.5 Å². The molecule has 2 aliphatic rings. The number of carbonyl (C=O) groups is 1. The van der Waals surface area contributed by atoms with Crippen LogP contribution in [0, 0.1) is 0 Å². The van der Waals surface area contributed by atoms with Crippen LogP contribution in [-0.4, -0.2) is 24.7 Å². The molecule has 0 bridgehead atoms. The zero-order valence-electron chi connectivity index (χ0n) is 14.7. The second-order valence-electron chi connectivity index (χ2n) is 7.21. The molecule has 1 saturated heterocycles. The number of nitrogens with one attached hydrogen (secondary N) is 1. The van der Waals surface area contributed by atoms with E-state index in [0.717, 1.165) is 43.6 Å². The monoisotopic (exact) mass is 355 g/mol. The molecule has 1 amide bonds. The van der Waals surface area contributed by atoms with Crippen molar-refractivity contribution in [3.05, 3.63) is 46.3 Å². The van der Waals surface area contributed by atoms with Gasteiger partial charge in [-0.1, -0.05) is 24.3 Å². The zero-order valence-corrected chi connectivity index (χ0v) is 15.5. The zero-order chi connectivity index (χ0) is 17.2. The van der Waals surface area contributed by atoms with Gasteiger partial charge >= 0.3 is 0 Å². The highest BCUT2D eigenvalue weighted by atomic mass is 32.1. The van der Waals surface area contributed by atoms with E-state index in [1.807, 2.05) is 0 Å². The van der Waals surface area contributed by atoms with Gasteiger partial charge in [0.15, 0.2) is 0 Å². The number of benzene rings is 1. The van der Waals surface area contributed by atoms with Gasteiger partial charge in [-0.15, -0.1) is 11.3 Å². The summed E-state index contributed by atoms with van der Waals surface area (Å²) in [6.07, 6.45) is 6.85. The van der Waals surface area contributed by atoms with E-state index in [4.69, 9.17) is 4.74 Å². The molecule has 1 aromatic carbocycles. The molecule has 3 nitrogen and oxygen atoms in total. The summed E-state index contributed by atoms with van der Waals surface area (Å²) in [5.41, 5.74) is 4.02. The maximum absolute atomic E-state index is 12.6. The van der Waals surface area contributed by atoms with Crippen molar-refractivity contribution in [1.29, 1.82) is 0 Å². The van der Waals surface area contributed by atoms with Gasteiger partial charge in [-0.3, -0.25) is 4.79 Å². The molecule has 1 aliphatic carbocycles. The summed E-state index contributed by atoms with van der Waals surface area (Å²) < 4.78 is 5.67. The van der Waals surface area contributed by atoms with Crippen LogP contribution >= 0.6 is 11.3 Å². The number of ether oxygens (including phenoxy) is 1. The van der Waals surface area contributed by atoms with Crippen LogP contribution < -0.4 is 5.32 Å². The molecule has 0 radical (unpaired) electrons. The van der Waals surface area contributed by atoms with E-state index in [0.29, 0.717) is 6.10 Å². The number of hydrogen-bond donors (Lipinski definition) is 1. The third kappa shape index (κ3) is 3.65. The summed E-state index contributed by atoms with van der Waals surface area (Å²) in [4.78, 5) is 14.8. The van der Waals surface area contributed by atoms with Gasteiger partial charge in [-0.25, -0.2) is 0 Å². The standard InChI is InChI=1S/C21H25NO2S/c1-14(8-11-17-6-4-12-24-17)22-21(23)19-13-16-10-9-15-5-2-3-7-18(15)20(16)25-19/h2-3,5,7,13-14,17H,4,6,8-12H2,1H3,(H,22,23). The van der Waals surface area contributed by atoms with Gasteiger partial charge in [0.25, 0.3) is 5.91 Å². The average molecular weight is 356 g/mol. The Labute approximate surface area is 153 Å². The predicted molar refractivity (Wildman–Crippen MR) is 102 cm³/mol. The number of rotatable bonds is 5. The maximum atomic E-state index is 12.6. The van der Waals surface area contributed by atoms with Crippen LogP contribution in [0.2, 0.25) is 0 Å². The van der Waals surface area contributed by atoms with E-state index in [1.165, 1.54) is 28.0 Å². The van der Waals surface area contributed by atoms with Crippen molar-refractivity contribution >= 4 is 17.2 Å². The third-order valence-corrected chi connectivity index (χ3v) is 6.49. The number of thiophene rings is 1. The Balaban J connectivity index is 1.41. The first-order chi connectivity index (χ1) is 12.2. The van der Waals surface area contributed by atoms with E-state index in [9.17, 15) is 4.79 Å². The Hall–Kier alpha value is -1.65. The summed E-state index contributed by atoms with van der Waals surface area (Å²) >= 11 is 1.63. The summed E-state index contributed by atoms with van der Waals surface area (Å²) in [7, 11) is 0. The molecule has 2 heterocycles. The van der Waals surface area contributed by atoms with Crippen LogP contribution in [-0.2, 0) is 17.6 Å². The van der Waals surface area contributed by atoms with Crippen molar-refractivity contribution in [2.24, 2.45) is 0 Å². The van der Waals surface area contributed by atoms with Crippen molar-refractivity contribution in [3.8, 4) is 10.4 Å². The highest BCUT2D eigenvalue weighted by molar-refractivity contribution is 7.17. The Morgan fingerprint density at radius 2 is 2.16 bits per heavy atom. The summed E-state index contributed by atoms with van der Waals surface area (Å²) in [6.45, 7) is 2.99. The Kier molecular flexibility index (Phi) is 4.91. The minimum absolute atomic E-state index is 0.0664. The quantitative estimate of drug-likeness (QED) is 0.852. The van der Waals surface area contributed by atoms with Gasteiger partial charge in [0.05, 0.1) is 11.0 Å². The fraction of sp³-hybridized carbons (Fsp3) is 0.476. The van der Waals surface area contributed by atoms with E-state index < -0.39 is 0 Å². The van der Waals surface area contributed by atoms with Crippen molar-refractivity contribution in [1.82, 2.24) is 5.32 Å². The maximum Gasteiger partial charge on any atom is 0.261 e. The summed E-state index contributed by atoms with van der Waals surface area (Å²) in [5.74, 6) is 0.0664. The lowest BCUT2D eigenvalue weighted by Gasteiger charge is -2.15. The first kappa shape index (κ1) is 16.8. The van der Waals surface area contributed by atoms with Crippen LogP contribution in [0.25, 0.3) is 10.4 Å². The second-order valence-corrected chi connectivity index (χ2v) is 8.26. The molecule has 2 atom stereocenters. The highest BCUT2D eigenvalue weighted by Gasteiger charge is 2.22. The predicted octanol–water partition coefficient (Wildman–Crippen LogP) is 4.59. The first-order valence-electron chi connectivity index (χ1n) is 9.34. The van der Waals surface area contributed by atoms with Gasteiger partial charge in [-0.2, -0.15) is 0 Å². The van der Waals surface area contributed by atoms with Crippen LogP contribution in [0.3, 0.4) is 0 Å². The Morgan fingerprint density at radius 1 is 1.32 bits per heavy atom. The summed E-state index contributed by atoms with van der Waals surface area (Å²) in [6, 6.07) is 10.8. The van der Waals surface area contributed by atoms with Gasteiger partial charge in [0.1, 0.15) is 0 Å². The lowest BCUT2D eigenvalue weighted by atomic mass is 9.91. The van der Waals surface area contributed by atoms with Crippen molar-refractivity contribution in [2.45, 2.75) is 57.6 Å². The molecule has 1 fully saturated rings. The highest BCUT2D eigenvalue weighted by Crippen LogP contribution is 2.39. The molecule has 1 aromatic heterocycles. The minimum Gasteiger partial charge on any atom is -0.378 e. The van der Waals surface area contributed by atoms with Gasteiger partial charge in [-0.05, 0) is 68.2 Å². The van der Waals surface area contributed by atoms with Crippen LogP contribution in [0.5, 0.6) is 0 Å². The van der Waals surface area contributed by atoms with E-state index in [-0.39, 0.29) is 11.9 Å². The van der Waals surface area contributed by atoms with Crippen molar-refractivity contribution in [3.63, 3.8) is 0 Å². The average Bonchev–Trinajstić information content (AvgIpc) is 3.29. The van der Waals surface area contributed by atoms with E-state index in [1.54, 1.807) is 11.3 Å². The first-order valence-corrected chi connectivity index (χ1v) is 10.2. The topological polar surface area (TPSA) is 38.3 Å².